The molecule has 1 unspecified atom stereocenters. The van der Waals surface area contributed by atoms with E-state index in [2.05, 4.69) is 5.32 Å². The van der Waals surface area contributed by atoms with Crippen LogP contribution in [0.1, 0.15) is 0 Å². The number of hydrogen-bond acceptors (Lipinski definition) is 4. The van der Waals surface area contributed by atoms with Gasteiger partial charge in [0.15, 0.2) is 5.92 Å². The molecule has 0 aromatic rings. The Morgan fingerprint density at radius 3 is 2.24 bits per heavy atom. The molecule has 10 heteroatoms. The van der Waals surface area contributed by atoms with Gasteiger partial charge in [-0.15, -0.1) is 0 Å². The normalized spacial score (nSPS) is 14.6. The maximum Gasteiger partial charge on any atom is 0.403 e. The highest BCUT2D eigenvalue weighted by Crippen LogP contribution is 2.25. The van der Waals surface area contributed by atoms with E-state index in [-0.39, 0.29) is 13.1 Å². The SMILES string of the molecule is CS(=O)(=O)NCCNCC(C(=O)O)C(F)(F)F. The van der Waals surface area contributed by atoms with Gasteiger partial charge in [0.2, 0.25) is 10.0 Å². The van der Waals surface area contributed by atoms with Gasteiger partial charge in [-0.25, -0.2) is 13.1 Å². The monoisotopic (exact) mass is 278 g/mol. The van der Waals surface area contributed by atoms with Crippen molar-refractivity contribution >= 4 is 16.0 Å². The predicted octanol–water partition coefficient (Wildman–Crippen LogP) is -0.612. The molecule has 0 saturated heterocycles. The number of hydrogen-bond donors (Lipinski definition) is 3. The van der Waals surface area contributed by atoms with E-state index in [1.54, 1.807) is 0 Å². The fourth-order valence-corrected chi connectivity index (χ4v) is 1.39. The Morgan fingerprint density at radius 1 is 1.35 bits per heavy atom. The first-order valence-electron chi connectivity index (χ1n) is 4.49. The van der Waals surface area contributed by atoms with Crippen molar-refractivity contribution in [3.63, 3.8) is 0 Å². The Hall–Kier alpha value is -0.870. The van der Waals surface area contributed by atoms with E-state index < -0.39 is 34.6 Å². The number of carboxylic acids is 1. The minimum Gasteiger partial charge on any atom is -0.481 e. The molecule has 0 heterocycles. The first-order valence-corrected chi connectivity index (χ1v) is 6.38. The molecule has 0 aromatic carbocycles. The fourth-order valence-electron chi connectivity index (χ4n) is 0.914. The molecule has 0 spiro atoms. The third-order valence-corrected chi connectivity index (χ3v) is 2.44. The Bertz CT molecular complexity index is 355. The molecule has 0 aromatic heterocycles. The van der Waals surface area contributed by atoms with Crippen LogP contribution in [-0.4, -0.2) is 51.6 Å². The van der Waals surface area contributed by atoms with Gasteiger partial charge in [-0.05, 0) is 0 Å². The van der Waals surface area contributed by atoms with Crippen molar-refractivity contribution in [1.29, 1.82) is 0 Å². The number of carboxylic acid groups (broad SMARTS) is 1. The van der Waals surface area contributed by atoms with Gasteiger partial charge < -0.3 is 10.4 Å². The lowest BCUT2D eigenvalue weighted by atomic mass is 10.1. The topological polar surface area (TPSA) is 95.5 Å². The maximum atomic E-state index is 12.1. The Labute approximate surface area is 96.2 Å². The Morgan fingerprint density at radius 2 is 1.88 bits per heavy atom. The summed E-state index contributed by atoms with van der Waals surface area (Å²) in [6, 6.07) is 0. The van der Waals surface area contributed by atoms with Crippen molar-refractivity contribution in [2.24, 2.45) is 5.92 Å². The first kappa shape index (κ1) is 16.1. The number of halogens is 3. The second-order valence-corrected chi connectivity index (χ2v) is 5.14. The Balaban J connectivity index is 3.97. The van der Waals surface area contributed by atoms with Gasteiger partial charge in [0.05, 0.1) is 6.26 Å². The van der Waals surface area contributed by atoms with Crippen molar-refractivity contribution in [3.05, 3.63) is 0 Å². The highest BCUT2D eigenvalue weighted by Gasteiger charge is 2.44. The van der Waals surface area contributed by atoms with E-state index in [0.717, 1.165) is 6.26 Å². The maximum absolute atomic E-state index is 12.1. The van der Waals surface area contributed by atoms with E-state index in [9.17, 15) is 26.4 Å². The summed E-state index contributed by atoms with van der Waals surface area (Å²) in [6.45, 7) is -1.000. The summed E-state index contributed by atoms with van der Waals surface area (Å²) >= 11 is 0. The summed E-state index contributed by atoms with van der Waals surface area (Å²) in [5.41, 5.74) is 0. The predicted molar refractivity (Wildman–Crippen MR) is 52.9 cm³/mol. The summed E-state index contributed by atoms with van der Waals surface area (Å²) in [5.74, 6) is -4.47. The zero-order chi connectivity index (χ0) is 13.7. The lowest BCUT2D eigenvalue weighted by Gasteiger charge is -2.16. The summed E-state index contributed by atoms with van der Waals surface area (Å²) in [7, 11) is -3.40. The first-order chi connectivity index (χ1) is 7.54. The largest absolute Gasteiger partial charge is 0.481 e. The third kappa shape index (κ3) is 7.94. The minimum absolute atomic E-state index is 0.0903. The quantitative estimate of drug-likeness (QED) is 0.540. The molecule has 0 aliphatic heterocycles. The number of carbonyl (C=O) groups is 1. The van der Waals surface area contributed by atoms with Crippen molar-refractivity contribution in [2.45, 2.75) is 6.18 Å². The molecule has 1 atom stereocenters. The smallest absolute Gasteiger partial charge is 0.403 e. The molecule has 0 aliphatic rings. The van der Waals surface area contributed by atoms with Gasteiger partial charge >= 0.3 is 12.1 Å². The van der Waals surface area contributed by atoms with Crippen LogP contribution < -0.4 is 10.0 Å². The molecule has 0 saturated carbocycles. The molecule has 0 aliphatic carbocycles. The van der Waals surface area contributed by atoms with E-state index in [4.69, 9.17) is 5.11 Å². The third-order valence-electron chi connectivity index (χ3n) is 1.71. The van der Waals surface area contributed by atoms with Crippen molar-refractivity contribution in [3.8, 4) is 0 Å². The molecular formula is C7H13F3N2O4S. The van der Waals surface area contributed by atoms with Gasteiger partial charge in [0.1, 0.15) is 0 Å². The molecular weight excluding hydrogens is 265 g/mol. The Kier molecular flexibility index (Phi) is 5.85. The van der Waals surface area contributed by atoms with Crippen LogP contribution in [0.3, 0.4) is 0 Å². The van der Waals surface area contributed by atoms with Crippen LogP contribution in [0.5, 0.6) is 0 Å². The van der Waals surface area contributed by atoms with E-state index in [1.165, 1.54) is 0 Å². The van der Waals surface area contributed by atoms with Crippen LogP contribution in [0.15, 0.2) is 0 Å². The van der Waals surface area contributed by atoms with Crippen LogP contribution in [0.25, 0.3) is 0 Å². The second-order valence-electron chi connectivity index (χ2n) is 3.30. The minimum atomic E-state index is -4.83. The average Bonchev–Trinajstić information content (AvgIpc) is 2.05. The molecule has 6 nitrogen and oxygen atoms in total. The van der Waals surface area contributed by atoms with Gasteiger partial charge in [-0.1, -0.05) is 0 Å². The highest BCUT2D eigenvalue weighted by molar-refractivity contribution is 7.88. The van der Waals surface area contributed by atoms with Gasteiger partial charge in [-0.2, -0.15) is 13.2 Å². The zero-order valence-electron chi connectivity index (χ0n) is 8.91. The molecule has 0 amide bonds. The van der Waals surface area contributed by atoms with Crippen LogP contribution in [0, 0.1) is 5.92 Å². The van der Waals surface area contributed by atoms with Crippen LogP contribution >= 0.6 is 0 Å². The van der Waals surface area contributed by atoms with Crippen molar-refractivity contribution in [1.82, 2.24) is 10.0 Å². The number of alkyl halides is 3. The molecule has 0 fully saturated rings. The number of rotatable bonds is 7. The number of sulfonamides is 1. The van der Waals surface area contributed by atoms with Crippen LogP contribution in [-0.2, 0) is 14.8 Å². The van der Waals surface area contributed by atoms with Gasteiger partial charge in [-0.3, -0.25) is 4.79 Å². The molecule has 0 rings (SSSR count). The van der Waals surface area contributed by atoms with Crippen LogP contribution in [0.2, 0.25) is 0 Å². The number of aliphatic carboxylic acids is 1. The van der Waals surface area contributed by atoms with E-state index >= 15 is 0 Å². The average molecular weight is 278 g/mol. The van der Waals surface area contributed by atoms with Crippen molar-refractivity contribution in [2.75, 3.05) is 25.9 Å². The van der Waals surface area contributed by atoms with E-state index in [0.29, 0.717) is 0 Å². The van der Waals surface area contributed by atoms with Gasteiger partial charge in [0, 0.05) is 19.6 Å². The summed E-state index contributed by atoms with van der Waals surface area (Å²) in [5, 5.41) is 10.5. The standard InChI is InChI=1S/C7H13F3N2O4S/c1-17(15,16)12-3-2-11-4-5(6(13)14)7(8,9)10/h5,11-12H,2-4H2,1H3,(H,13,14). The highest BCUT2D eigenvalue weighted by atomic mass is 32.2. The molecule has 102 valence electrons. The summed E-state index contributed by atoms with van der Waals surface area (Å²) in [6.07, 6.45) is -3.92. The summed E-state index contributed by atoms with van der Waals surface area (Å²) < 4.78 is 59.6. The van der Waals surface area contributed by atoms with Gasteiger partial charge in [0.25, 0.3) is 0 Å². The molecule has 17 heavy (non-hydrogen) atoms. The fraction of sp³-hybridized carbons (Fsp3) is 0.857. The lowest BCUT2D eigenvalue weighted by Crippen LogP contribution is -2.41. The van der Waals surface area contributed by atoms with Crippen LogP contribution in [0.4, 0.5) is 13.2 Å². The molecule has 3 N–H and O–H groups in total. The van der Waals surface area contributed by atoms with Crippen molar-refractivity contribution < 1.29 is 31.5 Å². The molecule has 0 radical (unpaired) electrons. The number of nitrogens with one attached hydrogen (secondary N) is 2. The second kappa shape index (κ2) is 6.17. The lowest BCUT2D eigenvalue weighted by molar-refractivity contribution is -0.192. The molecule has 0 bridgehead atoms. The van der Waals surface area contributed by atoms with E-state index in [1.807, 2.05) is 4.72 Å². The summed E-state index contributed by atoms with van der Waals surface area (Å²) in [4.78, 5) is 10.3. The zero-order valence-corrected chi connectivity index (χ0v) is 9.73.